The van der Waals surface area contributed by atoms with Crippen LogP contribution in [0.1, 0.15) is 52.5 Å². The second kappa shape index (κ2) is 10.9. The van der Waals surface area contributed by atoms with Crippen molar-refractivity contribution in [1.82, 2.24) is 0 Å². The van der Waals surface area contributed by atoms with Crippen molar-refractivity contribution < 1.29 is 27.9 Å². The van der Waals surface area contributed by atoms with E-state index in [0.717, 1.165) is 22.1 Å². The first-order valence-corrected chi connectivity index (χ1v) is 12.0. The summed E-state index contributed by atoms with van der Waals surface area (Å²) in [6, 6.07) is 11.6. The number of rotatable bonds is 11. The number of hydrogen-bond acceptors (Lipinski definition) is 6. The first kappa shape index (κ1) is 24.4. The molecule has 0 bridgehead atoms. The molecule has 2 atom stereocenters. The Morgan fingerprint density at radius 1 is 0.967 bits per heavy atom. The maximum atomic E-state index is 13.2. The highest BCUT2D eigenvalue weighted by molar-refractivity contribution is 7.54. The summed E-state index contributed by atoms with van der Waals surface area (Å²) in [4.78, 5) is 13.0. The van der Waals surface area contributed by atoms with Crippen LogP contribution < -0.4 is 4.74 Å². The fourth-order valence-corrected chi connectivity index (χ4v) is 5.26. The van der Waals surface area contributed by atoms with E-state index in [1.807, 2.05) is 50.2 Å². The zero-order chi connectivity index (χ0) is 22.3. The Morgan fingerprint density at radius 2 is 1.57 bits per heavy atom. The minimum atomic E-state index is -3.57. The largest absolute Gasteiger partial charge is 0.497 e. The lowest BCUT2D eigenvalue weighted by Crippen LogP contribution is -2.25. The van der Waals surface area contributed by atoms with Gasteiger partial charge in [0.05, 0.1) is 26.2 Å². The smallest absolute Gasteiger partial charge is 0.370 e. The molecule has 0 N–H and O–H groups in total. The lowest BCUT2D eigenvalue weighted by Gasteiger charge is -2.28. The number of benzene rings is 2. The normalized spacial score (nSPS) is 14.0. The Labute approximate surface area is 179 Å². The van der Waals surface area contributed by atoms with Gasteiger partial charge in [0.15, 0.2) is 0 Å². The van der Waals surface area contributed by atoms with Crippen molar-refractivity contribution in [3.63, 3.8) is 0 Å². The van der Waals surface area contributed by atoms with Gasteiger partial charge in [-0.1, -0.05) is 38.1 Å². The summed E-state index contributed by atoms with van der Waals surface area (Å²) >= 11 is 0. The molecular weight excluding hydrogens is 403 g/mol. The molecule has 0 aliphatic carbocycles. The maximum Gasteiger partial charge on any atom is 0.370 e. The number of esters is 1. The first-order chi connectivity index (χ1) is 14.2. The van der Waals surface area contributed by atoms with Crippen LogP contribution >= 0.6 is 7.60 Å². The van der Waals surface area contributed by atoms with Crippen LogP contribution in [0.25, 0.3) is 10.8 Å². The zero-order valence-electron chi connectivity index (χ0n) is 18.7. The van der Waals surface area contributed by atoms with Crippen molar-refractivity contribution in [2.24, 2.45) is 5.92 Å². The Balaban J connectivity index is 2.25. The van der Waals surface area contributed by atoms with E-state index in [4.69, 9.17) is 18.5 Å². The molecule has 2 aromatic rings. The van der Waals surface area contributed by atoms with Crippen LogP contribution in [0.5, 0.6) is 5.75 Å². The van der Waals surface area contributed by atoms with Gasteiger partial charge in [-0.2, -0.15) is 0 Å². The molecule has 0 heterocycles. The molecule has 7 heteroatoms. The average molecular weight is 436 g/mol. The molecule has 0 aliphatic rings. The van der Waals surface area contributed by atoms with Gasteiger partial charge < -0.3 is 18.5 Å². The first-order valence-electron chi connectivity index (χ1n) is 10.4. The Morgan fingerprint density at radius 3 is 2.13 bits per heavy atom. The fourth-order valence-electron chi connectivity index (χ4n) is 3.22. The predicted molar refractivity (Wildman–Crippen MR) is 119 cm³/mol. The van der Waals surface area contributed by atoms with Crippen LogP contribution in [-0.2, 0) is 23.1 Å². The molecular formula is C23H33O6P. The van der Waals surface area contributed by atoms with Gasteiger partial charge in [0.1, 0.15) is 5.75 Å². The molecule has 0 amide bonds. The average Bonchev–Trinajstić information content (AvgIpc) is 2.71. The quantitative estimate of drug-likeness (QED) is 0.312. The van der Waals surface area contributed by atoms with E-state index in [1.54, 1.807) is 27.9 Å². The molecule has 0 saturated carbocycles. The van der Waals surface area contributed by atoms with Crippen LogP contribution in [-0.4, -0.2) is 32.1 Å². The lowest BCUT2D eigenvalue weighted by molar-refractivity contribution is -0.148. The van der Waals surface area contributed by atoms with E-state index >= 15 is 0 Å². The summed E-state index contributed by atoms with van der Waals surface area (Å²) in [7, 11) is -1.94. The highest BCUT2D eigenvalue weighted by Crippen LogP contribution is 2.55. The van der Waals surface area contributed by atoms with Crippen LogP contribution in [0, 0.1) is 5.92 Å². The van der Waals surface area contributed by atoms with Crippen molar-refractivity contribution in [1.29, 1.82) is 0 Å². The monoisotopic (exact) mass is 436 g/mol. The van der Waals surface area contributed by atoms with E-state index in [2.05, 4.69) is 0 Å². The van der Waals surface area contributed by atoms with Gasteiger partial charge >= 0.3 is 13.6 Å². The van der Waals surface area contributed by atoms with Crippen molar-refractivity contribution in [3.05, 3.63) is 42.0 Å². The molecule has 0 radical (unpaired) electrons. The minimum absolute atomic E-state index is 0.156. The molecule has 0 spiro atoms. The molecule has 0 saturated heterocycles. The van der Waals surface area contributed by atoms with E-state index < -0.39 is 25.3 Å². The summed E-state index contributed by atoms with van der Waals surface area (Å²) in [5, 5.41) is 2.02. The lowest BCUT2D eigenvalue weighted by atomic mass is 9.98. The standard InChI is InChI=1S/C23H33O6P/c1-7-27-30(25,28-8-2)22(13-16(3)4)29-23(24)17(5)18-9-10-20-15-21(26-6)12-11-19(20)14-18/h9-12,14-17,22H,7-8,13H2,1-6H3/t17-,22+/m1/s1. The zero-order valence-corrected chi connectivity index (χ0v) is 19.6. The van der Waals surface area contributed by atoms with Crippen molar-refractivity contribution >= 4 is 24.3 Å². The Hall–Kier alpha value is -1.88. The van der Waals surface area contributed by atoms with E-state index in [9.17, 15) is 9.36 Å². The van der Waals surface area contributed by atoms with E-state index in [1.165, 1.54) is 0 Å². The highest BCUT2D eigenvalue weighted by Gasteiger charge is 2.40. The molecule has 2 aromatic carbocycles. The van der Waals surface area contributed by atoms with Crippen LogP contribution in [0.15, 0.2) is 36.4 Å². The van der Waals surface area contributed by atoms with Gasteiger partial charge in [-0.05, 0) is 61.6 Å². The summed E-state index contributed by atoms with van der Waals surface area (Å²) in [5.74, 6) is -0.974. The topological polar surface area (TPSA) is 71.1 Å². The molecule has 0 fully saturated rings. The summed E-state index contributed by atoms with van der Waals surface area (Å²) < 4.78 is 35.1. The predicted octanol–water partition coefficient (Wildman–Crippen LogP) is 6.13. The van der Waals surface area contributed by atoms with Gasteiger partial charge in [-0.25, -0.2) is 0 Å². The van der Waals surface area contributed by atoms with Crippen molar-refractivity contribution in [3.8, 4) is 5.75 Å². The van der Waals surface area contributed by atoms with Gasteiger partial charge in [0.2, 0.25) is 5.85 Å². The number of ether oxygens (including phenoxy) is 2. The molecule has 0 aromatic heterocycles. The third-order valence-corrected chi connectivity index (χ3v) is 7.08. The fraction of sp³-hybridized carbons (Fsp3) is 0.522. The second-order valence-corrected chi connectivity index (χ2v) is 9.76. The third-order valence-electron chi connectivity index (χ3n) is 4.82. The van der Waals surface area contributed by atoms with E-state index in [-0.39, 0.29) is 19.1 Å². The van der Waals surface area contributed by atoms with Crippen LogP contribution in [0.2, 0.25) is 0 Å². The molecule has 2 rings (SSSR count). The van der Waals surface area contributed by atoms with Crippen LogP contribution in [0.4, 0.5) is 0 Å². The van der Waals surface area contributed by atoms with Crippen LogP contribution in [0.3, 0.4) is 0 Å². The molecule has 30 heavy (non-hydrogen) atoms. The summed E-state index contributed by atoms with van der Waals surface area (Å²) in [6.45, 7) is 9.65. The number of carbonyl (C=O) groups is 1. The second-order valence-electron chi connectivity index (χ2n) is 7.59. The molecule has 166 valence electrons. The molecule has 0 aliphatic heterocycles. The third kappa shape index (κ3) is 6.07. The Kier molecular flexibility index (Phi) is 8.90. The van der Waals surface area contributed by atoms with Gasteiger partial charge in [0, 0.05) is 0 Å². The Bertz CT molecular complexity index is 884. The number of fused-ring (bicyclic) bond motifs is 1. The summed E-state index contributed by atoms with van der Waals surface area (Å²) in [5.41, 5.74) is 0.823. The van der Waals surface area contributed by atoms with E-state index in [0.29, 0.717) is 6.42 Å². The van der Waals surface area contributed by atoms with Crippen molar-refractivity contribution in [2.45, 2.75) is 52.8 Å². The maximum absolute atomic E-state index is 13.2. The highest BCUT2D eigenvalue weighted by atomic mass is 31.2. The SMILES string of the molecule is CCOP(=O)(OCC)[C@@H](CC(C)C)OC(=O)[C@H](C)c1ccc2cc(OC)ccc2c1. The minimum Gasteiger partial charge on any atom is -0.497 e. The van der Waals surface area contributed by atoms with Gasteiger partial charge in [0.25, 0.3) is 0 Å². The molecule has 6 nitrogen and oxygen atoms in total. The van der Waals surface area contributed by atoms with Gasteiger partial charge in [-0.15, -0.1) is 0 Å². The number of carbonyl (C=O) groups excluding carboxylic acids is 1. The summed E-state index contributed by atoms with van der Waals surface area (Å²) in [6.07, 6.45) is 0.396. The number of hydrogen-bond donors (Lipinski definition) is 0. The van der Waals surface area contributed by atoms with Crippen molar-refractivity contribution in [2.75, 3.05) is 20.3 Å². The molecule has 0 unspecified atom stereocenters. The number of methoxy groups -OCH3 is 1. The van der Waals surface area contributed by atoms with Gasteiger partial charge in [-0.3, -0.25) is 9.36 Å².